The molecule has 2 aliphatic rings. The number of hydrogen-bond acceptors (Lipinski definition) is 7. The highest BCUT2D eigenvalue weighted by Gasteiger charge is 2.44. The Hall–Kier alpha value is -3.36. The molecular weight excluding hydrogens is 412 g/mol. The summed E-state index contributed by atoms with van der Waals surface area (Å²) in [5.41, 5.74) is 0.675. The molecule has 168 valence electrons. The molecule has 8 heteroatoms. The highest BCUT2D eigenvalue weighted by molar-refractivity contribution is 6.15. The van der Waals surface area contributed by atoms with E-state index in [0.29, 0.717) is 44.2 Å². The van der Waals surface area contributed by atoms with Crippen molar-refractivity contribution in [2.75, 3.05) is 46.0 Å². The maximum Gasteiger partial charge on any atom is 0.290 e. The van der Waals surface area contributed by atoms with Crippen molar-refractivity contribution in [3.05, 3.63) is 78.0 Å². The van der Waals surface area contributed by atoms with Gasteiger partial charge in [-0.25, -0.2) is 0 Å². The zero-order valence-electron chi connectivity index (χ0n) is 17.7. The first-order valence-corrected chi connectivity index (χ1v) is 10.6. The van der Waals surface area contributed by atoms with E-state index in [2.05, 4.69) is 11.5 Å². The van der Waals surface area contributed by atoms with Crippen molar-refractivity contribution in [3.8, 4) is 5.75 Å². The number of Topliss-reactive ketones (excluding diaryl/α,β-unsaturated/α-hetero) is 1. The minimum absolute atomic E-state index is 0.00722. The average Bonchev–Trinajstić information content (AvgIpc) is 3.44. The van der Waals surface area contributed by atoms with E-state index in [-0.39, 0.29) is 11.3 Å². The number of nitrogens with zero attached hydrogens (tertiary/aromatic N) is 2. The topological polar surface area (TPSA) is 92.5 Å². The number of ketones is 1. The zero-order valence-corrected chi connectivity index (χ0v) is 17.7. The summed E-state index contributed by atoms with van der Waals surface area (Å²) < 4.78 is 16.3. The van der Waals surface area contributed by atoms with E-state index in [0.717, 1.165) is 13.1 Å². The lowest BCUT2D eigenvalue weighted by Gasteiger charge is -2.31. The number of furan rings is 1. The first-order chi connectivity index (χ1) is 15.6. The molecule has 1 amide bonds. The molecule has 3 heterocycles. The summed E-state index contributed by atoms with van der Waals surface area (Å²) in [6.45, 7) is 7.77. The lowest BCUT2D eigenvalue weighted by Crippen LogP contribution is -2.43. The fraction of sp³-hybridized carbons (Fsp3) is 0.333. The number of rotatable bonds is 9. The molecule has 2 aromatic rings. The van der Waals surface area contributed by atoms with Crippen LogP contribution in [-0.2, 0) is 9.53 Å². The zero-order chi connectivity index (χ0) is 22.5. The fourth-order valence-electron chi connectivity index (χ4n) is 4.01. The average molecular weight is 438 g/mol. The number of hydrogen-bond donors (Lipinski definition) is 1. The maximum atomic E-state index is 13.2. The van der Waals surface area contributed by atoms with Gasteiger partial charge < -0.3 is 23.9 Å². The predicted octanol–water partition coefficient (Wildman–Crippen LogP) is 2.75. The van der Waals surface area contributed by atoms with Crippen molar-refractivity contribution in [2.24, 2.45) is 0 Å². The molecule has 0 radical (unpaired) electrons. The number of aliphatic hydroxyl groups excluding tert-OH is 1. The van der Waals surface area contributed by atoms with Crippen molar-refractivity contribution in [1.82, 2.24) is 9.80 Å². The van der Waals surface area contributed by atoms with Gasteiger partial charge in [0.1, 0.15) is 12.4 Å². The van der Waals surface area contributed by atoms with Crippen molar-refractivity contribution in [2.45, 2.75) is 6.04 Å². The van der Waals surface area contributed by atoms with Crippen LogP contribution in [0.25, 0.3) is 0 Å². The van der Waals surface area contributed by atoms with Gasteiger partial charge in [0, 0.05) is 26.2 Å². The minimum atomic E-state index is -0.756. The molecule has 0 bridgehead atoms. The largest absolute Gasteiger partial charge is 0.503 e. The van der Waals surface area contributed by atoms with E-state index < -0.39 is 23.5 Å². The third-order valence-electron chi connectivity index (χ3n) is 5.60. The molecule has 1 aromatic heterocycles. The number of carbonyl (C=O) groups excluding carboxylic acids is 2. The molecule has 1 N–H and O–H groups in total. The SMILES string of the molecule is C=CCOc1cccc([C@@H]2C(C(=O)c3ccco3)=C(O)C(=O)N2CCN2CCOCC2)c1. The smallest absolute Gasteiger partial charge is 0.290 e. The minimum Gasteiger partial charge on any atom is -0.503 e. The van der Waals surface area contributed by atoms with E-state index in [1.807, 2.05) is 6.07 Å². The first-order valence-electron chi connectivity index (χ1n) is 10.6. The second-order valence-corrected chi connectivity index (χ2v) is 7.60. The molecule has 1 atom stereocenters. The third kappa shape index (κ3) is 4.46. The third-order valence-corrected chi connectivity index (χ3v) is 5.60. The molecule has 0 spiro atoms. The summed E-state index contributed by atoms with van der Waals surface area (Å²) in [6.07, 6.45) is 3.02. The molecule has 2 aliphatic heterocycles. The number of aliphatic hydroxyl groups is 1. The van der Waals surface area contributed by atoms with Crippen LogP contribution in [0.5, 0.6) is 5.75 Å². The summed E-state index contributed by atoms with van der Waals surface area (Å²) >= 11 is 0. The van der Waals surface area contributed by atoms with Gasteiger partial charge in [-0.15, -0.1) is 0 Å². The number of ether oxygens (including phenoxy) is 2. The number of carbonyl (C=O) groups is 2. The Balaban J connectivity index is 1.67. The predicted molar refractivity (Wildman–Crippen MR) is 117 cm³/mol. The Bertz CT molecular complexity index is 1010. The summed E-state index contributed by atoms with van der Waals surface area (Å²) in [4.78, 5) is 30.0. The summed E-state index contributed by atoms with van der Waals surface area (Å²) in [5, 5.41) is 10.7. The Kier molecular flexibility index (Phi) is 6.72. The fourth-order valence-corrected chi connectivity index (χ4v) is 4.01. The Morgan fingerprint density at radius 2 is 2.03 bits per heavy atom. The van der Waals surface area contributed by atoms with E-state index in [9.17, 15) is 14.7 Å². The van der Waals surface area contributed by atoms with Crippen LogP contribution in [0.3, 0.4) is 0 Å². The summed E-state index contributed by atoms with van der Waals surface area (Å²) in [5.74, 6) is -0.985. The normalized spacial score (nSPS) is 19.4. The van der Waals surface area contributed by atoms with E-state index >= 15 is 0 Å². The van der Waals surface area contributed by atoms with Crippen molar-refractivity contribution in [1.29, 1.82) is 0 Å². The molecule has 0 aliphatic carbocycles. The Morgan fingerprint density at radius 1 is 1.22 bits per heavy atom. The quantitative estimate of drug-likeness (QED) is 0.475. The van der Waals surface area contributed by atoms with Crippen LogP contribution >= 0.6 is 0 Å². The van der Waals surface area contributed by atoms with E-state index in [4.69, 9.17) is 13.9 Å². The van der Waals surface area contributed by atoms with Gasteiger partial charge >= 0.3 is 0 Å². The maximum absolute atomic E-state index is 13.2. The lowest BCUT2D eigenvalue weighted by atomic mass is 9.95. The van der Waals surface area contributed by atoms with Gasteiger partial charge in [-0.1, -0.05) is 24.8 Å². The van der Waals surface area contributed by atoms with Crippen LogP contribution in [0.4, 0.5) is 0 Å². The monoisotopic (exact) mass is 438 g/mol. The van der Waals surface area contributed by atoms with Gasteiger partial charge in [0.2, 0.25) is 5.78 Å². The summed E-state index contributed by atoms with van der Waals surface area (Å²) in [6, 6.07) is 9.53. The van der Waals surface area contributed by atoms with Crippen molar-refractivity contribution >= 4 is 11.7 Å². The Labute approximate surface area is 186 Å². The standard InChI is InChI=1S/C24H26N2O6/c1-2-12-31-18-6-3-5-17(16-18)21-20(22(27)19-7-4-13-32-19)23(28)24(29)26(21)9-8-25-10-14-30-15-11-25/h2-7,13,16,21,28H,1,8-12,14-15H2/t21-/m1/s1. The molecule has 0 saturated carbocycles. The second-order valence-electron chi connectivity index (χ2n) is 7.60. The van der Waals surface area contributed by atoms with Crippen LogP contribution < -0.4 is 4.74 Å². The van der Waals surface area contributed by atoms with Gasteiger partial charge in [0.05, 0.1) is 31.1 Å². The molecule has 1 saturated heterocycles. The lowest BCUT2D eigenvalue weighted by molar-refractivity contribution is -0.129. The molecule has 0 unspecified atom stereocenters. The summed E-state index contributed by atoms with van der Waals surface area (Å²) in [7, 11) is 0. The molecule has 4 rings (SSSR count). The van der Waals surface area contributed by atoms with Gasteiger partial charge in [0.15, 0.2) is 11.5 Å². The molecular formula is C24H26N2O6. The van der Waals surface area contributed by atoms with Crippen LogP contribution in [0.2, 0.25) is 0 Å². The number of morpholine rings is 1. The van der Waals surface area contributed by atoms with Gasteiger partial charge in [0.25, 0.3) is 5.91 Å². The number of amides is 1. The molecule has 1 fully saturated rings. The first kappa shape index (κ1) is 21.9. The van der Waals surface area contributed by atoms with Crippen LogP contribution in [0.15, 0.2) is 71.1 Å². The van der Waals surface area contributed by atoms with Crippen LogP contribution in [0.1, 0.15) is 22.2 Å². The van der Waals surface area contributed by atoms with Crippen LogP contribution in [0, 0.1) is 0 Å². The molecule has 1 aromatic carbocycles. The second kappa shape index (κ2) is 9.84. The van der Waals surface area contributed by atoms with E-state index in [1.165, 1.54) is 17.2 Å². The molecule has 8 nitrogen and oxygen atoms in total. The van der Waals surface area contributed by atoms with Crippen LogP contribution in [-0.4, -0.2) is 72.6 Å². The van der Waals surface area contributed by atoms with Gasteiger partial charge in [-0.05, 0) is 29.8 Å². The van der Waals surface area contributed by atoms with Crippen molar-refractivity contribution < 1.29 is 28.6 Å². The van der Waals surface area contributed by atoms with Gasteiger partial charge in [-0.2, -0.15) is 0 Å². The highest BCUT2D eigenvalue weighted by atomic mass is 16.5. The highest BCUT2D eigenvalue weighted by Crippen LogP contribution is 2.39. The molecule has 32 heavy (non-hydrogen) atoms. The van der Waals surface area contributed by atoms with Crippen molar-refractivity contribution in [3.63, 3.8) is 0 Å². The Morgan fingerprint density at radius 3 is 2.75 bits per heavy atom. The van der Waals surface area contributed by atoms with Gasteiger partial charge in [-0.3, -0.25) is 14.5 Å². The number of benzene rings is 1. The van der Waals surface area contributed by atoms with E-state index in [1.54, 1.807) is 30.3 Å².